The summed E-state index contributed by atoms with van der Waals surface area (Å²) in [5.41, 5.74) is 0. The molecule has 1 aromatic carbocycles. The number of pyridine rings is 1. The molecule has 0 fully saturated rings. The Bertz CT molecular complexity index is 454. The van der Waals surface area contributed by atoms with Crippen molar-refractivity contribution in [3.63, 3.8) is 0 Å². The molecule has 3 heteroatoms. The number of anilines is 1. The molecule has 1 heterocycles. The second kappa shape index (κ2) is 3.84. The van der Waals surface area contributed by atoms with Gasteiger partial charge in [-0.25, -0.2) is 4.98 Å². The minimum Gasteiger partial charge on any atom is -0.370 e. The van der Waals surface area contributed by atoms with E-state index in [0.717, 1.165) is 28.2 Å². The quantitative estimate of drug-likeness (QED) is 0.816. The average molecular weight is 207 g/mol. The van der Waals surface area contributed by atoms with Crippen LogP contribution in [0.1, 0.15) is 6.92 Å². The van der Waals surface area contributed by atoms with Gasteiger partial charge in [0.15, 0.2) is 0 Å². The average Bonchev–Trinajstić information content (AvgIpc) is 2.20. The molecule has 0 bridgehead atoms. The summed E-state index contributed by atoms with van der Waals surface area (Å²) in [5.74, 6) is 0.896. The van der Waals surface area contributed by atoms with Crippen LogP contribution in [0.15, 0.2) is 30.5 Å². The topological polar surface area (TPSA) is 24.9 Å². The summed E-state index contributed by atoms with van der Waals surface area (Å²) in [6, 6.07) is 7.78. The van der Waals surface area contributed by atoms with E-state index in [2.05, 4.69) is 10.3 Å². The van der Waals surface area contributed by atoms with Crippen molar-refractivity contribution < 1.29 is 0 Å². The van der Waals surface area contributed by atoms with Gasteiger partial charge < -0.3 is 5.32 Å². The number of aromatic nitrogens is 1. The second-order valence-corrected chi connectivity index (χ2v) is 3.43. The lowest BCUT2D eigenvalue weighted by molar-refractivity contribution is 1.17. The lowest BCUT2D eigenvalue weighted by atomic mass is 10.1. The van der Waals surface area contributed by atoms with Crippen LogP contribution in [0.3, 0.4) is 0 Å². The van der Waals surface area contributed by atoms with Gasteiger partial charge in [-0.2, -0.15) is 0 Å². The first-order chi connectivity index (χ1) is 6.83. The molecule has 0 atom stereocenters. The van der Waals surface area contributed by atoms with Crippen LogP contribution >= 0.6 is 11.6 Å². The van der Waals surface area contributed by atoms with Crippen LogP contribution in [0.2, 0.25) is 5.02 Å². The third-order valence-corrected chi connectivity index (χ3v) is 2.43. The molecule has 2 nitrogen and oxygen atoms in total. The van der Waals surface area contributed by atoms with E-state index in [1.54, 1.807) is 6.20 Å². The molecule has 0 spiro atoms. The summed E-state index contributed by atoms with van der Waals surface area (Å²) in [6.45, 7) is 2.91. The van der Waals surface area contributed by atoms with E-state index in [9.17, 15) is 0 Å². The summed E-state index contributed by atoms with van der Waals surface area (Å²) in [5, 5.41) is 6.09. The molecule has 1 aromatic heterocycles. The summed E-state index contributed by atoms with van der Waals surface area (Å²) in [4.78, 5) is 4.27. The molecule has 1 N–H and O–H groups in total. The number of nitrogens with zero attached hydrogens (tertiary/aromatic N) is 1. The zero-order valence-electron chi connectivity index (χ0n) is 7.92. The SMILES string of the molecule is CCNc1nccc2c(Cl)cccc12. The fraction of sp³-hybridized carbons (Fsp3) is 0.182. The normalized spacial score (nSPS) is 10.4. The van der Waals surface area contributed by atoms with Crippen molar-refractivity contribution in [2.75, 3.05) is 11.9 Å². The van der Waals surface area contributed by atoms with Crippen LogP contribution in [-0.4, -0.2) is 11.5 Å². The molecule has 0 saturated heterocycles. The number of fused-ring (bicyclic) bond motifs is 1. The van der Waals surface area contributed by atoms with Crippen LogP contribution in [0.4, 0.5) is 5.82 Å². The zero-order valence-corrected chi connectivity index (χ0v) is 8.67. The Balaban J connectivity index is 2.68. The number of nitrogens with one attached hydrogen (secondary N) is 1. The predicted octanol–water partition coefficient (Wildman–Crippen LogP) is 3.32. The highest BCUT2D eigenvalue weighted by atomic mass is 35.5. The molecule has 0 unspecified atom stereocenters. The van der Waals surface area contributed by atoms with E-state index in [0.29, 0.717) is 0 Å². The highest BCUT2D eigenvalue weighted by molar-refractivity contribution is 6.35. The molecule has 14 heavy (non-hydrogen) atoms. The van der Waals surface area contributed by atoms with Crippen molar-refractivity contribution in [2.24, 2.45) is 0 Å². The third kappa shape index (κ3) is 1.53. The van der Waals surface area contributed by atoms with E-state index in [1.165, 1.54) is 0 Å². The lowest BCUT2D eigenvalue weighted by Gasteiger charge is -2.06. The van der Waals surface area contributed by atoms with Gasteiger partial charge in [0, 0.05) is 28.5 Å². The molecule has 2 rings (SSSR count). The van der Waals surface area contributed by atoms with Gasteiger partial charge in [0.1, 0.15) is 5.82 Å². The number of halogens is 1. The van der Waals surface area contributed by atoms with Crippen LogP contribution in [0.5, 0.6) is 0 Å². The van der Waals surface area contributed by atoms with Gasteiger partial charge in [0.2, 0.25) is 0 Å². The fourth-order valence-electron chi connectivity index (χ4n) is 1.48. The van der Waals surface area contributed by atoms with Crippen molar-refractivity contribution in [1.82, 2.24) is 4.98 Å². The first kappa shape index (κ1) is 9.28. The molecule has 2 aromatic rings. The van der Waals surface area contributed by atoms with Gasteiger partial charge in [-0.15, -0.1) is 0 Å². The van der Waals surface area contributed by atoms with E-state index in [-0.39, 0.29) is 0 Å². The monoisotopic (exact) mass is 206 g/mol. The second-order valence-electron chi connectivity index (χ2n) is 3.02. The van der Waals surface area contributed by atoms with E-state index >= 15 is 0 Å². The van der Waals surface area contributed by atoms with Gasteiger partial charge >= 0.3 is 0 Å². The Morgan fingerprint density at radius 2 is 2.14 bits per heavy atom. The molecule has 72 valence electrons. The van der Waals surface area contributed by atoms with Crippen molar-refractivity contribution in [3.8, 4) is 0 Å². The largest absolute Gasteiger partial charge is 0.370 e. The van der Waals surface area contributed by atoms with Crippen LogP contribution in [0, 0.1) is 0 Å². The van der Waals surface area contributed by atoms with E-state index in [4.69, 9.17) is 11.6 Å². The van der Waals surface area contributed by atoms with Crippen molar-refractivity contribution >= 4 is 28.2 Å². The number of benzene rings is 1. The fourth-order valence-corrected chi connectivity index (χ4v) is 1.71. The summed E-state index contributed by atoms with van der Waals surface area (Å²) >= 11 is 6.07. The van der Waals surface area contributed by atoms with Gasteiger partial charge in [0.25, 0.3) is 0 Å². The first-order valence-electron chi connectivity index (χ1n) is 4.60. The maximum Gasteiger partial charge on any atom is 0.133 e. The summed E-state index contributed by atoms with van der Waals surface area (Å²) < 4.78 is 0. The molecule has 0 amide bonds. The van der Waals surface area contributed by atoms with Gasteiger partial charge in [0.05, 0.1) is 0 Å². The highest BCUT2D eigenvalue weighted by Crippen LogP contribution is 2.26. The Hall–Kier alpha value is -1.28. The maximum absolute atomic E-state index is 6.07. The van der Waals surface area contributed by atoms with E-state index in [1.807, 2.05) is 31.2 Å². The lowest BCUT2D eigenvalue weighted by Crippen LogP contribution is -1.99. The zero-order chi connectivity index (χ0) is 9.97. The number of rotatable bonds is 2. The highest BCUT2D eigenvalue weighted by Gasteiger charge is 2.02. The molecular weight excluding hydrogens is 196 g/mol. The third-order valence-electron chi connectivity index (χ3n) is 2.10. The Labute approximate surface area is 87.9 Å². The summed E-state index contributed by atoms with van der Waals surface area (Å²) in [6.07, 6.45) is 1.77. The minimum atomic E-state index is 0.768. The van der Waals surface area contributed by atoms with E-state index < -0.39 is 0 Å². The molecule has 0 aliphatic heterocycles. The van der Waals surface area contributed by atoms with Gasteiger partial charge in [-0.1, -0.05) is 23.7 Å². The van der Waals surface area contributed by atoms with Crippen LogP contribution in [0.25, 0.3) is 10.8 Å². The number of hydrogen-bond donors (Lipinski definition) is 1. The van der Waals surface area contributed by atoms with Crippen molar-refractivity contribution in [1.29, 1.82) is 0 Å². The van der Waals surface area contributed by atoms with Crippen LogP contribution < -0.4 is 5.32 Å². The molecule has 0 aliphatic carbocycles. The van der Waals surface area contributed by atoms with Gasteiger partial charge in [-0.05, 0) is 19.1 Å². The predicted molar refractivity (Wildman–Crippen MR) is 60.9 cm³/mol. The van der Waals surface area contributed by atoms with Gasteiger partial charge in [-0.3, -0.25) is 0 Å². The minimum absolute atomic E-state index is 0.768. The smallest absolute Gasteiger partial charge is 0.133 e. The molecule has 0 saturated carbocycles. The molecule has 0 radical (unpaired) electrons. The number of hydrogen-bond acceptors (Lipinski definition) is 2. The molecule has 0 aliphatic rings. The standard InChI is InChI=1S/C11H11ClN2/c1-2-13-11-9-4-3-5-10(12)8(9)6-7-14-11/h3-7H,2H2,1H3,(H,13,14). The van der Waals surface area contributed by atoms with Crippen molar-refractivity contribution in [2.45, 2.75) is 6.92 Å². The Morgan fingerprint density at radius 3 is 2.93 bits per heavy atom. The Morgan fingerprint density at radius 1 is 1.29 bits per heavy atom. The Kier molecular flexibility index (Phi) is 2.55. The molecular formula is C11H11ClN2. The van der Waals surface area contributed by atoms with Crippen molar-refractivity contribution in [3.05, 3.63) is 35.5 Å². The summed E-state index contributed by atoms with van der Waals surface area (Å²) in [7, 11) is 0. The van der Waals surface area contributed by atoms with Crippen LogP contribution in [-0.2, 0) is 0 Å². The first-order valence-corrected chi connectivity index (χ1v) is 4.98. The maximum atomic E-state index is 6.07.